The van der Waals surface area contributed by atoms with Crippen LogP contribution >= 0.6 is 0 Å². The SMILES string of the molecule is C/C=C/C(=O)N1CCc2c([nH]c3ccccc23)C1c1ccccc1.CC.CC.CC. The number of rotatable bonds is 2. The van der Waals surface area contributed by atoms with E-state index >= 15 is 0 Å². The van der Waals surface area contributed by atoms with Crippen LogP contribution in [0.4, 0.5) is 0 Å². The number of amides is 1. The molecule has 0 spiro atoms. The van der Waals surface area contributed by atoms with E-state index in [1.54, 1.807) is 6.08 Å². The molecule has 0 fully saturated rings. The lowest BCUT2D eigenvalue weighted by molar-refractivity contribution is -0.128. The van der Waals surface area contributed by atoms with Gasteiger partial charge < -0.3 is 9.88 Å². The van der Waals surface area contributed by atoms with Gasteiger partial charge in [0.25, 0.3) is 0 Å². The van der Waals surface area contributed by atoms with Gasteiger partial charge in [-0.2, -0.15) is 0 Å². The number of H-pyrrole nitrogens is 1. The number of carbonyl (C=O) groups is 1. The van der Waals surface area contributed by atoms with Crippen molar-refractivity contribution in [1.29, 1.82) is 0 Å². The lowest BCUT2D eigenvalue weighted by Gasteiger charge is -2.35. The van der Waals surface area contributed by atoms with Crippen molar-refractivity contribution in [3.63, 3.8) is 0 Å². The molecule has 1 unspecified atom stereocenters. The molecule has 3 heteroatoms. The smallest absolute Gasteiger partial charge is 0.247 e. The van der Waals surface area contributed by atoms with Gasteiger partial charge in [-0.1, -0.05) is 96.1 Å². The first-order valence-electron chi connectivity index (χ1n) is 11.4. The van der Waals surface area contributed by atoms with E-state index in [1.165, 1.54) is 10.9 Å². The van der Waals surface area contributed by atoms with Crippen LogP contribution in [0.3, 0.4) is 0 Å². The molecule has 4 rings (SSSR count). The summed E-state index contributed by atoms with van der Waals surface area (Å²) >= 11 is 0. The Morgan fingerprint density at radius 1 is 0.933 bits per heavy atom. The zero-order valence-electron chi connectivity index (χ0n) is 19.7. The summed E-state index contributed by atoms with van der Waals surface area (Å²) in [7, 11) is 0. The van der Waals surface area contributed by atoms with Gasteiger partial charge in [-0.3, -0.25) is 4.79 Å². The molecule has 0 bridgehead atoms. The Kier molecular flexibility index (Phi) is 11.3. The van der Waals surface area contributed by atoms with E-state index in [2.05, 4.69) is 35.3 Å². The molecule has 2 aromatic carbocycles. The fraction of sp³-hybridized carbons (Fsp3) is 0.370. The molecule has 30 heavy (non-hydrogen) atoms. The summed E-state index contributed by atoms with van der Waals surface area (Å²) in [5, 5.41) is 1.27. The highest BCUT2D eigenvalue weighted by Crippen LogP contribution is 2.38. The number of benzene rings is 2. The Hall–Kier alpha value is -2.81. The number of hydrogen-bond acceptors (Lipinski definition) is 1. The number of para-hydroxylation sites is 1. The Bertz CT molecular complexity index is 909. The summed E-state index contributed by atoms with van der Waals surface area (Å²) in [6, 6.07) is 18.6. The first kappa shape index (κ1) is 25.2. The molecule has 3 aromatic rings. The van der Waals surface area contributed by atoms with Crippen LogP contribution in [0.5, 0.6) is 0 Å². The molecular formula is C27H38N2O. The number of nitrogens with zero attached hydrogens (tertiary/aromatic N) is 1. The van der Waals surface area contributed by atoms with Crippen molar-refractivity contribution in [2.75, 3.05) is 6.54 Å². The van der Waals surface area contributed by atoms with Crippen molar-refractivity contribution < 1.29 is 4.79 Å². The largest absolute Gasteiger partial charge is 0.356 e. The van der Waals surface area contributed by atoms with Crippen LogP contribution in [0, 0.1) is 0 Å². The Labute approximate surface area is 182 Å². The molecule has 1 aromatic heterocycles. The van der Waals surface area contributed by atoms with Gasteiger partial charge in [-0.15, -0.1) is 0 Å². The second-order valence-electron chi connectivity index (χ2n) is 6.16. The van der Waals surface area contributed by atoms with Gasteiger partial charge in [0, 0.05) is 23.1 Å². The fourth-order valence-electron chi connectivity index (χ4n) is 3.70. The minimum atomic E-state index is -0.0638. The van der Waals surface area contributed by atoms with Gasteiger partial charge in [0.1, 0.15) is 0 Å². The molecule has 162 valence electrons. The number of aromatic nitrogens is 1. The molecule has 1 aliphatic rings. The summed E-state index contributed by atoms with van der Waals surface area (Å²) in [6.45, 7) is 14.6. The van der Waals surface area contributed by atoms with Crippen molar-refractivity contribution in [1.82, 2.24) is 9.88 Å². The van der Waals surface area contributed by atoms with Crippen LogP contribution < -0.4 is 0 Å². The monoisotopic (exact) mass is 406 g/mol. The highest BCUT2D eigenvalue weighted by atomic mass is 16.2. The molecule has 1 amide bonds. The average Bonchev–Trinajstić information content (AvgIpc) is 3.22. The molecule has 2 heterocycles. The minimum Gasteiger partial charge on any atom is -0.356 e. The minimum absolute atomic E-state index is 0.0638. The highest BCUT2D eigenvalue weighted by Gasteiger charge is 2.33. The first-order valence-corrected chi connectivity index (χ1v) is 11.4. The van der Waals surface area contributed by atoms with E-state index in [-0.39, 0.29) is 11.9 Å². The average molecular weight is 407 g/mol. The van der Waals surface area contributed by atoms with Crippen molar-refractivity contribution in [3.8, 4) is 0 Å². The van der Waals surface area contributed by atoms with Crippen molar-refractivity contribution >= 4 is 16.8 Å². The van der Waals surface area contributed by atoms with Gasteiger partial charge in [-0.25, -0.2) is 0 Å². The molecule has 3 nitrogen and oxygen atoms in total. The second-order valence-corrected chi connectivity index (χ2v) is 6.16. The summed E-state index contributed by atoms with van der Waals surface area (Å²) in [6.07, 6.45) is 4.35. The fourth-order valence-corrected chi connectivity index (χ4v) is 3.70. The lowest BCUT2D eigenvalue weighted by atomic mass is 9.92. The van der Waals surface area contributed by atoms with E-state index in [0.717, 1.165) is 29.7 Å². The van der Waals surface area contributed by atoms with Crippen molar-refractivity contribution in [2.45, 2.75) is 60.9 Å². The molecule has 1 aliphatic heterocycles. The van der Waals surface area contributed by atoms with Gasteiger partial charge in [0.15, 0.2) is 0 Å². The number of carbonyl (C=O) groups excluding carboxylic acids is 1. The maximum absolute atomic E-state index is 12.6. The molecule has 0 radical (unpaired) electrons. The third-order valence-electron chi connectivity index (χ3n) is 4.74. The topological polar surface area (TPSA) is 36.1 Å². The summed E-state index contributed by atoms with van der Waals surface area (Å²) in [4.78, 5) is 18.2. The Morgan fingerprint density at radius 3 is 2.17 bits per heavy atom. The van der Waals surface area contributed by atoms with E-state index in [9.17, 15) is 4.79 Å². The van der Waals surface area contributed by atoms with Crippen molar-refractivity contribution in [2.24, 2.45) is 0 Å². The standard InChI is InChI=1S/C21H20N2O.3C2H6/c1-2-8-19(24)23-14-13-17-16-11-6-7-12-18(16)22-20(17)21(23)15-9-4-3-5-10-15;3*1-2/h2-12,21-22H,13-14H2,1H3;3*1-2H3/b8-2+;;;. The first-order chi connectivity index (χ1) is 14.8. The molecule has 0 aliphatic carbocycles. The summed E-state index contributed by atoms with van der Waals surface area (Å²) < 4.78 is 0. The highest BCUT2D eigenvalue weighted by molar-refractivity contribution is 5.90. The van der Waals surface area contributed by atoms with Gasteiger partial charge in [-0.05, 0) is 36.6 Å². The van der Waals surface area contributed by atoms with Crippen molar-refractivity contribution in [3.05, 3.63) is 83.6 Å². The number of aromatic amines is 1. The number of fused-ring (bicyclic) bond motifs is 3. The third-order valence-corrected chi connectivity index (χ3v) is 4.74. The number of nitrogens with one attached hydrogen (secondary N) is 1. The molecular weight excluding hydrogens is 368 g/mol. The lowest BCUT2D eigenvalue weighted by Crippen LogP contribution is -2.39. The number of hydrogen-bond donors (Lipinski definition) is 1. The maximum Gasteiger partial charge on any atom is 0.247 e. The Morgan fingerprint density at radius 2 is 1.53 bits per heavy atom. The number of allylic oxidation sites excluding steroid dienone is 1. The molecule has 0 saturated heterocycles. The predicted molar refractivity (Wildman–Crippen MR) is 131 cm³/mol. The zero-order valence-corrected chi connectivity index (χ0v) is 19.7. The van der Waals surface area contributed by atoms with E-state index < -0.39 is 0 Å². The van der Waals surface area contributed by atoms with E-state index in [1.807, 2.05) is 83.7 Å². The quantitative estimate of drug-likeness (QED) is 0.445. The second kappa shape index (κ2) is 13.4. The van der Waals surface area contributed by atoms with Crippen LogP contribution in [0.15, 0.2) is 66.7 Å². The Balaban J connectivity index is 0.000000691. The maximum atomic E-state index is 12.6. The predicted octanol–water partition coefficient (Wildman–Crippen LogP) is 7.30. The third kappa shape index (κ3) is 5.41. The van der Waals surface area contributed by atoms with Gasteiger partial charge >= 0.3 is 0 Å². The van der Waals surface area contributed by atoms with E-state index in [4.69, 9.17) is 0 Å². The van der Waals surface area contributed by atoms with Crippen LogP contribution in [-0.2, 0) is 11.2 Å². The normalized spacial score (nSPS) is 14.5. The summed E-state index contributed by atoms with van der Waals surface area (Å²) in [5.74, 6) is 0.0654. The molecule has 1 N–H and O–H groups in total. The summed E-state index contributed by atoms with van der Waals surface area (Å²) in [5.41, 5.74) is 4.77. The van der Waals surface area contributed by atoms with Gasteiger partial charge in [0.05, 0.1) is 6.04 Å². The van der Waals surface area contributed by atoms with Crippen LogP contribution in [0.25, 0.3) is 10.9 Å². The van der Waals surface area contributed by atoms with Gasteiger partial charge in [0.2, 0.25) is 5.91 Å². The molecule has 0 saturated carbocycles. The van der Waals surface area contributed by atoms with Crippen LogP contribution in [0.2, 0.25) is 0 Å². The molecule has 1 atom stereocenters. The van der Waals surface area contributed by atoms with Crippen LogP contribution in [-0.4, -0.2) is 22.3 Å². The van der Waals surface area contributed by atoms with Crippen LogP contribution in [0.1, 0.15) is 71.3 Å². The van der Waals surface area contributed by atoms with E-state index in [0.29, 0.717) is 0 Å². The zero-order chi connectivity index (χ0) is 22.5.